The van der Waals surface area contributed by atoms with Gasteiger partial charge >= 0.3 is 0 Å². The van der Waals surface area contributed by atoms with Crippen molar-refractivity contribution < 1.29 is 9.84 Å². The minimum atomic E-state index is -0.110. The number of hydrogen-bond acceptors (Lipinski definition) is 3. The van der Waals surface area contributed by atoms with Gasteiger partial charge in [0.25, 0.3) is 0 Å². The van der Waals surface area contributed by atoms with Gasteiger partial charge < -0.3 is 9.84 Å². The minimum Gasteiger partial charge on any atom is -0.393 e. The lowest BCUT2D eigenvalue weighted by molar-refractivity contribution is -0.0244. The Kier molecular flexibility index (Phi) is 2.58. The molecule has 2 rings (SSSR count). The van der Waals surface area contributed by atoms with Crippen LogP contribution in [-0.4, -0.2) is 29.6 Å². The molecule has 1 heterocycles. The summed E-state index contributed by atoms with van der Waals surface area (Å²) in [5, 5.41) is 13.0. The van der Waals surface area contributed by atoms with Crippen LogP contribution in [0.2, 0.25) is 0 Å². The largest absolute Gasteiger partial charge is 0.393 e. The smallest absolute Gasteiger partial charge is 0.119 e. The molecular weight excluding hydrogens is 166 g/mol. The maximum atomic E-state index is 9.52. The molecule has 0 amide bonds. The zero-order valence-electron chi connectivity index (χ0n) is 8.25. The molecule has 2 fully saturated rings. The summed E-state index contributed by atoms with van der Waals surface area (Å²) >= 11 is 0. The van der Waals surface area contributed by atoms with Crippen LogP contribution in [0.3, 0.4) is 0 Å². The van der Waals surface area contributed by atoms with E-state index in [-0.39, 0.29) is 11.8 Å². The average molecular weight is 185 g/mol. The van der Waals surface area contributed by atoms with Crippen LogP contribution >= 0.6 is 0 Å². The first-order valence-electron chi connectivity index (χ1n) is 5.30. The summed E-state index contributed by atoms with van der Waals surface area (Å²) in [5.74, 6) is 0. The first-order valence-corrected chi connectivity index (χ1v) is 5.30. The molecule has 3 nitrogen and oxygen atoms in total. The van der Waals surface area contributed by atoms with Gasteiger partial charge in [0, 0.05) is 6.04 Å². The lowest BCUT2D eigenvalue weighted by atomic mass is 10.0. The van der Waals surface area contributed by atoms with Crippen molar-refractivity contribution >= 4 is 0 Å². The molecule has 0 aromatic carbocycles. The van der Waals surface area contributed by atoms with Crippen LogP contribution in [0.5, 0.6) is 0 Å². The Labute approximate surface area is 79.5 Å². The fraction of sp³-hybridized carbons (Fsp3) is 1.00. The standard InChI is InChI=1S/C10H19NO2/c1-8-7-13-10(11-8)5-2-3-9(12)4-6-10/h8-9,11-12H,2-7H2,1H3/t8-,9-,10+/m1/s1. The molecule has 3 heteroatoms. The Hall–Kier alpha value is -0.120. The summed E-state index contributed by atoms with van der Waals surface area (Å²) in [5.41, 5.74) is -0.100. The van der Waals surface area contributed by atoms with Gasteiger partial charge in [-0.25, -0.2) is 0 Å². The lowest BCUT2D eigenvalue weighted by Gasteiger charge is -2.27. The first kappa shape index (κ1) is 9.44. The number of ether oxygens (including phenoxy) is 1. The third-order valence-electron chi connectivity index (χ3n) is 3.12. The summed E-state index contributed by atoms with van der Waals surface area (Å²) in [7, 11) is 0. The summed E-state index contributed by atoms with van der Waals surface area (Å²) in [6.07, 6.45) is 4.77. The van der Waals surface area contributed by atoms with Crippen molar-refractivity contribution in [3.63, 3.8) is 0 Å². The van der Waals surface area contributed by atoms with Crippen LogP contribution in [0.4, 0.5) is 0 Å². The van der Waals surface area contributed by atoms with E-state index in [9.17, 15) is 5.11 Å². The summed E-state index contributed by atoms with van der Waals surface area (Å²) in [6, 6.07) is 0.468. The van der Waals surface area contributed by atoms with Crippen molar-refractivity contribution in [2.75, 3.05) is 6.61 Å². The second-order valence-electron chi connectivity index (χ2n) is 4.44. The first-order chi connectivity index (χ1) is 6.20. The molecule has 0 radical (unpaired) electrons. The van der Waals surface area contributed by atoms with Gasteiger partial charge in [0.1, 0.15) is 5.72 Å². The Morgan fingerprint density at radius 1 is 1.38 bits per heavy atom. The highest BCUT2D eigenvalue weighted by Gasteiger charge is 2.39. The highest BCUT2D eigenvalue weighted by atomic mass is 16.5. The Bertz CT molecular complexity index is 184. The maximum Gasteiger partial charge on any atom is 0.119 e. The molecule has 3 atom stereocenters. The van der Waals surface area contributed by atoms with E-state index in [2.05, 4.69) is 12.2 Å². The van der Waals surface area contributed by atoms with Crippen molar-refractivity contribution in [1.29, 1.82) is 0 Å². The third kappa shape index (κ3) is 2.03. The van der Waals surface area contributed by atoms with Crippen LogP contribution in [0.25, 0.3) is 0 Å². The molecule has 0 bridgehead atoms. The molecule has 0 aromatic heterocycles. The highest BCUT2D eigenvalue weighted by Crippen LogP contribution is 2.31. The molecule has 1 saturated heterocycles. The van der Waals surface area contributed by atoms with Crippen LogP contribution < -0.4 is 5.32 Å². The predicted molar refractivity (Wildman–Crippen MR) is 50.4 cm³/mol. The van der Waals surface area contributed by atoms with Gasteiger partial charge in [-0.1, -0.05) is 0 Å². The molecule has 13 heavy (non-hydrogen) atoms. The van der Waals surface area contributed by atoms with Gasteiger partial charge in [-0.15, -0.1) is 0 Å². The van der Waals surface area contributed by atoms with Gasteiger partial charge in [0.05, 0.1) is 12.7 Å². The molecule has 1 aliphatic heterocycles. The molecule has 1 saturated carbocycles. The average Bonchev–Trinajstić information content (AvgIpc) is 2.35. The minimum absolute atomic E-state index is 0.100. The quantitative estimate of drug-likeness (QED) is 0.592. The number of nitrogens with one attached hydrogen (secondary N) is 1. The van der Waals surface area contributed by atoms with Crippen molar-refractivity contribution in [1.82, 2.24) is 5.32 Å². The second kappa shape index (κ2) is 3.56. The van der Waals surface area contributed by atoms with Crippen LogP contribution in [0, 0.1) is 0 Å². The van der Waals surface area contributed by atoms with Gasteiger partial charge in [-0.05, 0) is 39.0 Å². The predicted octanol–water partition coefficient (Wildman–Crippen LogP) is 1.02. The van der Waals surface area contributed by atoms with Gasteiger partial charge in [-0.3, -0.25) is 5.32 Å². The van der Waals surface area contributed by atoms with E-state index in [1.54, 1.807) is 0 Å². The normalized spacial score (nSPS) is 46.6. The van der Waals surface area contributed by atoms with E-state index < -0.39 is 0 Å². The molecule has 0 unspecified atom stereocenters. The molecule has 2 aliphatic rings. The lowest BCUT2D eigenvalue weighted by Crippen LogP contribution is -2.43. The van der Waals surface area contributed by atoms with Gasteiger partial charge in [-0.2, -0.15) is 0 Å². The fourth-order valence-electron chi connectivity index (χ4n) is 2.40. The Morgan fingerprint density at radius 2 is 2.23 bits per heavy atom. The number of aliphatic hydroxyl groups excluding tert-OH is 1. The zero-order chi connectivity index (χ0) is 9.31. The van der Waals surface area contributed by atoms with Crippen molar-refractivity contribution in [2.24, 2.45) is 0 Å². The molecule has 1 spiro atoms. The zero-order valence-corrected chi connectivity index (χ0v) is 8.25. The maximum absolute atomic E-state index is 9.52. The fourth-order valence-corrected chi connectivity index (χ4v) is 2.40. The van der Waals surface area contributed by atoms with Crippen molar-refractivity contribution in [3.05, 3.63) is 0 Å². The number of rotatable bonds is 0. The Balaban J connectivity index is 1.98. The second-order valence-corrected chi connectivity index (χ2v) is 4.44. The monoisotopic (exact) mass is 185 g/mol. The Morgan fingerprint density at radius 3 is 2.92 bits per heavy atom. The molecule has 2 N–H and O–H groups in total. The van der Waals surface area contributed by atoms with Crippen LogP contribution in [0.1, 0.15) is 39.0 Å². The van der Waals surface area contributed by atoms with Crippen molar-refractivity contribution in [2.45, 2.75) is 56.9 Å². The van der Waals surface area contributed by atoms with E-state index in [1.807, 2.05) is 0 Å². The van der Waals surface area contributed by atoms with Gasteiger partial charge in [0.2, 0.25) is 0 Å². The van der Waals surface area contributed by atoms with E-state index in [0.29, 0.717) is 6.04 Å². The van der Waals surface area contributed by atoms with Crippen LogP contribution in [0.15, 0.2) is 0 Å². The molecular formula is C10H19NO2. The number of aliphatic hydroxyl groups is 1. The topological polar surface area (TPSA) is 41.5 Å². The molecule has 1 aliphatic carbocycles. The van der Waals surface area contributed by atoms with Crippen LogP contribution in [-0.2, 0) is 4.74 Å². The molecule has 0 aromatic rings. The van der Waals surface area contributed by atoms with E-state index >= 15 is 0 Å². The number of hydrogen-bond donors (Lipinski definition) is 2. The third-order valence-corrected chi connectivity index (χ3v) is 3.12. The van der Waals surface area contributed by atoms with E-state index in [4.69, 9.17) is 4.74 Å². The van der Waals surface area contributed by atoms with Gasteiger partial charge in [0.15, 0.2) is 0 Å². The summed E-state index contributed by atoms with van der Waals surface area (Å²) < 4.78 is 5.80. The molecule has 76 valence electrons. The summed E-state index contributed by atoms with van der Waals surface area (Å²) in [4.78, 5) is 0. The summed E-state index contributed by atoms with van der Waals surface area (Å²) in [6.45, 7) is 2.96. The van der Waals surface area contributed by atoms with E-state index in [0.717, 1.165) is 38.7 Å². The van der Waals surface area contributed by atoms with E-state index in [1.165, 1.54) is 0 Å². The SMILES string of the molecule is C[C@@H]1CO[C@]2(CCC[C@@H](O)CC2)N1. The van der Waals surface area contributed by atoms with Crippen molar-refractivity contribution in [3.8, 4) is 0 Å². The highest BCUT2D eigenvalue weighted by molar-refractivity contribution is 4.89.